The highest BCUT2D eigenvalue weighted by Gasteiger charge is 2.25. The Morgan fingerprint density at radius 3 is 3.04 bits per heavy atom. The fraction of sp³-hybridized carbons (Fsp3) is 0.389. The van der Waals surface area contributed by atoms with Crippen LogP contribution in [0.2, 0.25) is 0 Å². The highest BCUT2D eigenvalue weighted by Crippen LogP contribution is 2.26. The number of rotatable bonds is 2. The van der Waals surface area contributed by atoms with E-state index in [9.17, 15) is 4.79 Å². The minimum absolute atomic E-state index is 0.0485. The van der Waals surface area contributed by atoms with E-state index in [1.165, 1.54) is 5.56 Å². The van der Waals surface area contributed by atoms with Crippen LogP contribution in [0.3, 0.4) is 0 Å². The summed E-state index contributed by atoms with van der Waals surface area (Å²) in [5, 5.41) is 3.01. The summed E-state index contributed by atoms with van der Waals surface area (Å²) in [7, 11) is 0. The second-order valence-corrected chi connectivity index (χ2v) is 6.33. The molecule has 3 heterocycles. The van der Waals surface area contributed by atoms with Crippen LogP contribution in [-0.2, 0) is 18.0 Å². The highest BCUT2D eigenvalue weighted by atomic mass is 16.5. The molecule has 1 atom stereocenters. The Hall–Kier alpha value is -2.47. The number of anilines is 1. The molecule has 6 nitrogen and oxygen atoms in total. The number of aromatic nitrogens is 2. The number of benzene rings is 1. The number of amides is 2. The number of hydrogen-bond acceptors (Lipinski definition) is 4. The van der Waals surface area contributed by atoms with Crippen molar-refractivity contribution in [3.8, 4) is 0 Å². The van der Waals surface area contributed by atoms with Crippen molar-refractivity contribution in [3.63, 3.8) is 0 Å². The maximum absolute atomic E-state index is 12.6. The van der Waals surface area contributed by atoms with E-state index >= 15 is 0 Å². The van der Waals surface area contributed by atoms with Gasteiger partial charge in [0, 0.05) is 36.6 Å². The second kappa shape index (κ2) is 6.57. The summed E-state index contributed by atoms with van der Waals surface area (Å²) in [5.74, 6) is 0.279. The maximum Gasteiger partial charge on any atom is 0.321 e. The van der Waals surface area contributed by atoms with Crippen molar-refractivity contribution in [1.29, 1.82) is 0 Å². The first kappa shape index (κ1) is 15.1. The smallest absolute Gasteiger partial charge is 0.321 e. The van der Waals surface area contributed by atoms with Crippen molar-refractivity contribution >= 4 is 11.7 Å². The molecule has 2 aliphatic rings. The first-order chi connectivity index (χ1) is 11.8. The van der Waals surface area contributed by atoms with Gasteiger partial charge in [-0.05, 0) is 42.2 Å². The lowest BCUT2D eigenvalue weighted by Crippen LogP contribution is -2.41. The zero-order chi connectivity index (χ0) is 16.4. The van der Waals surface area contributed by atoms with Gasteiger partial charge in [-0.15, -0.1) is 0 Å². The molecule has 1 aromatic heterocycles. The van der Waals surface area contributed by atoms with Crippen LogP contribution in [0.15, 0.2) is 36.8 Å². The van der Waals surface area contributed by atoms with Gasteiger partial charge in [0.05, 0.1) is 13.2 Å². The quantitative estimate of drug-likeness (QED) is 0.922. The molecule has 124 valence electrons. The van der Waals surface area contributed by atoms with Gasteiger partial charge in [-0.25, -0.2) is 14.8 Å². The van der Waals surface area contributed by atoms with Crippen LogP contribution >= 0.6 is 0 Å². The van der Waals surface area contributed by atoms with E-state index in [0.29, 0.717) is 19.8 Å². The third kappa shape index (κ3) is 3.10. The second-order valence-electron chi connectivity index (χ2n) is 6.33. The summed E-state index contributed by atoms with van der Waals surface area (Å²) in [5.41, 5.74) is 4.20. The van der Waals surface area contributed by atoms with Gasteiger partial charge < -0.3 is 15.0 Å². The van der Waals surface area contributed by atoms with E-state index in [1.807, 2.05) is 29.2 Å². The Labute approximate surface area is 140 Å². The summed E-state index contributed by atoms with van der Waals surface area (Å²) in [6, 6.07) is 7.86. The lowest BCUT2D eigenvalue weighted by atomic mass is 9.95. The number of carbonyl (C=O) groups is 1. The molecule has 4 rings (SSSR count). The van der Waals surface area contributed by atoms with Crippen molar-refractivity contribution in [2.45, 2.75) is 32.0 Å². The molecular weight excluding hydrogens is 304 g/mol. The molecule has 1 saturated heterocycles. The number of likely N-dealkylation sites (tertiary alicyclic amines) is 1. The van der Waals surface area contributed by atoms with Gasteiger partial charge in [-0.2, -0.15) is 0 Å². The predicted octanol–water partition coefficient (Wildman–Crippen LogP) is 2.92. The molecule has 2 amide bonds. The van der Waals surface area contributed by atoms with Crippen molar-refractivity contribution in [3.05, 3.63) is 53.6 Å². The first-order valence-corrected chi connectivity index (χ1v) is 8.31. The van der Waals surface area contributed by atoms with Gasteiger partial charge >= 0.3 is 6.03 Å². The standard InChI is InChI=1S/C18H20N4O2/c23-18(21-16-4-3-14-10-24-11-15(14)8-16)22-7-1-2-13(9-22)17-5-6-19-12-20-17/h3-6,8,12-13H,1-2,7,9-11H2,(H,21,23). The van der Waals surface area contributed by atoms with Crippen LogP contribution in [0.5, 0.6) is 0 Å². The van der Waals surface area contributed by atoms with Gasteiger partial charge in [0.2, 0.25) is 0 Å². The molecular formula is C18H20N4O2. The molecule has 1 fully saturated rings. The van der Waals surface area contributed by atoms with E-state index in [-0.39, 0.29) is 11.9 Å². The summed E-state index contributed by atoms with van der Waals surface area (Å²) < 4.78 is 5.42. The Morgan fingerprint density at radius 2 is 2.17 bits per heavy atom. The average molecular weight is 324 g/mol. The predicted molar refractivity (Wildman–Crippen MR) is 89.5 cm³/mol. The zero-order valence-electron chi connectivity index (χ0n) is 13.4. The molecule has 1 N–H and O–H groups in total. The number of urea groups is 1. The van der Waals surface area contributed by atoms with Gasteiger partial charge in [0.15, 0.2) is 0 Å². The van der Waals surface area contributed by atoms with Gasteiger partial charge in [-0.3, -0.25) is 0 Å². The van der Waals surface area contributed by atoms with Crippen LogP contribution in [0.25, 0.3) is 0 Å². The lowest BCUT2D eigenvalue weighted by Gasteiger charge is -2.32. The highest BCUT2D eigenvalue weighted by molar-refractivity contribution is 5.89. The molecule has 1 aromatic carbocycles. The molecule has 2 aromatic rings. The minimum Gasteiger partial charge on any atom is -0.372 e. The minimum atomic E-state index is -0.0485. The SMILES string of the molecule is O=C(Nc1ccc2c(c1)COC2)N1CCCC(c2ccncn2)C1. The fourth-order valence-electron chi connectivity index (χ4n) is 3.40. The van der Waals surface area contributed by atoms with Crippen molar-refractivity contribution < 1.29 is 9.53 Å². The molecule has 6 heteroatoms. The number of piperidine rings is 1. The van der Waals surface area contributed by atoms with Crippen LogP contribution < -0.4 is 5.32 Å². The number of hydrogen-bond donors (Lipinski definition) is 1. The third-order valence-corrected chi connectivity index (χ3v) is 4.70. The number of nitrogens with one attached hydrogen (secondary N) is 1. The number of carbonyl (C=O) groups excluding carboxylic acids is 1. The van der Waals surface area contributed by atoms with E-state index in [0.717, 1.165) is 36.3 Å². The van der Waals surface area contributed by atoms with Crippen molar-refractivity contribution in [2.24, 2.45) is 0 Å². The summed E-state index contributed by atoms with van der Waals surface area (Å²) >= 11 is 0. The van der Waals surface area contributed by atoms with Crippen LogP contribution in [0.4, 0.5) is 10.5 Å². The van der Waals surface area contributed by atoms with E-state index < -0.39 is 0 Å². The van der Waals surface area contributed by atoms with Crippen LogP contribution in [-0.4, -0.2) is 34.0 Å². The molecule has 0 bridgehead atoms. The summed E-state index contributed by atoms with van der Waals surface area (Å²) in [4.78, 5) is 22.8. The monoisotopic (exact) mass is 324 g/mol. The number of fused-ring (bicyclic) bond motifs is 1. The first-order valence-electron chi connectivity index (χ1n) is 8.31. The number of nitrogens with zero attached hydrogens (tertiary/aromatic N) is 3. The molecule has 0 spiro atoms. The third-order valence-electron chi connectivity index (χ3n) is 4.70. The molecule has 0 radical (unpaired) electrons. The van der Waals surface area contributed by atoms with Crippen molar-refractivity contribution in [2.75, 3.05) is 18.4 Å². The largest absolute Gasteiger partial charge is 0.372 e. The Morgan fingerprint density at radius 1 is 1.25 bits per heavy atom. The summed E-state index contributed by atoms with van der Waals surface area (Å²) in [6.07, 6.45) is 5.37. The fourth-order valence-corrected chi connectivity index (χ4v) is 3.40. The number of ether oxygens (including phenoxy) is 1. The average Bonchev–Trinajstić information content (AvgIpc) is 3.10. The van der Waals surface area contributed by atoms with Crippen LogP contribution in [0, 0.1) is 0 Å². The van der Waals surface area contributed by atoms with Crippen LogP contribution in [0.1, 0.15) is 35.6 Å². The van der Waals surface area contributed by atoms with Gasteiger partial charge in [-0.1, -0.05) is 6.07 Å². The zero-order valence-corrected chi connectivity index (χ0v) is 13.4. The Balaban J connectivity index is 1.42. The Kier molecular flexibility index (Phi) is 4.13. The van der Waals surface area contributed by atoms with Gasteiger partial charge in [0.25, 0.3) is 0 Å². The Bertz CT molecular complexity index is 735. The maximum atomic E-state index is 12.6. The molecule has 1 unspecified atom stereocenters. The normalized spacial score (nSPS) is 19.8. The lowest BCUT2D eigenvalue weighted by molar-refractivity contribution is 0.134. The van der Waals surface area contributed by atoms with E-state index in [1.54, 1.807) is 12.5 Å². The molecule has 0 aliphatic carbocycles. The van der Waals surface area contributed by atoms with Crippen molar-refractivity contribution in [1.82, 2.24) is 14.9 Å². The van der Waals surface area contributed by atoms with E-state index in [2.05, 4.69) is 15.3 Å². The molecule has 24 heavy (non-hydrogen) atoms. The van der Waals surface area contributed by atoms with E-state index in [4.69, 9.17) is 4.74 Å². The molecule has 2 aliphatic heterocycles. The summed E-state index contributed by atoms with van der Waals surface area (Å²) in [6.45, 7) is 2.76. The van der Waals surface area contributed by atoms with Gasteiger partial charge in [0.1, 0.15) is 6.33 Å². The topological polar surface area (TPSA) is 67.3 Å². The molecule has 0 saturated carbocycles.